The number of anilines is 1. The predicted octanol–water partition coefficient (Wildman–Crippen LogP) is 2.50. The van der Waals surface area contributed by atoms with Gasteiger partial charge in [-0.15, -0.1) is 0 Å². The number of hydrogen-bond acceptors (Lipinski definition) is 3. The average Bonchev–Trinajstić information content (AvgIpc) is 3.12. The third-order valence-corrected chi connectivity index (χ3v) is 4.10. The van der Waals surface area contributed by atoms with Crippen molar-refractivity contribution in [3.63, 3.8) is 0 Å². The van der Waals surface area contributed by atoms with Gasteiger partial charge in [0.05, 0.1) is 0 Å². The smallest absolute Gasteiger partial charge is 0.293 e. The van der Waals surface area contributed by atoms with Crippen molar-refractivity contribution in [2.24, 2.45) is 11.3 Å². The van der Waals surface area contributed by atoms with Gasteiger partial charge in [0.2, 0.25) is 0 Å². The van der Waals surface area contributed by atoms with E-state index in [1.54, 1.807) is 17.0 Å². The van der Waals surface area contributed by atoms with E-state index in [9.17, 15) is 4.79 Å². The van der Waals surface area contributed by atoms with Crippen LogP contribution in [0.5, 0.6) is 0 Å². The largest absolute Gasteiger partial charge is 0.365 e. The van der Waals surface area contributed by atoms with Gasteiger partial charge in [0.25, 0.3) is 5.56 Å². The number of nitrogens with zero attached hydrogens (tertiary/aromatic N) is 2. The van der Waals surface area contributed by atoms with E-state index < -0.39 is 0 Å². The van der Waals surface area contributed by atoms with Crippen LogP contribution in [-0.4, -0.2) is 16.1 Å². The molecule has 1 heterocycles. The number of hydrogen-bond donors (Lipinski definition) is 1. The molecule has 0 aromatic carbocycles. The second-order valence-corrected chi connectivity index (χ2v) is 5.65. The second kappa shape index (κ2) is 5.12. The monoisotopic (exact) mass is 249 g/mol. The summed E-state index contributed by atoms with van der Waals surface area (Å²) in [5.41, 5.74) is 0.387. The van der Waals surface area contributed by atoms with E-state index in [2.05, 4.69) is 31.1 Å². The quantitative estimate of drug-likeness (QED) is 0.842. The Hall–Kier alpha value is -1.32. The van der Waals surface area contributed by atoms with Crippen molar-refractivity contribution in [3.8, 4) is 0 Å². The Bertz CT molecular complexity index is 460. The van der Waals surface area contributed by atoms with Crippen molar-refractivity contribution >= 4 is 5.82 Å². The van der Waals surface area contributed by atoms with Crippen molar-refractivity contribution in [2.75, 3.05) is 11.9 Å². The van der Waals surface area contributed by atoms with Crippen LogP contribution < -0.4 is 10.9 Å². The molecule has 0 aliphatic heterocycles. The molecule has 100 valence electrons. The van der Waals surface area contributed by atoms with Gasteiger partial charge >= 0.3 is 0 Å². The molecule has 18 heavy (non-hydrogen) atoms. The first-order valence-corrected chi connectivity index (χ1v) is 6.88. The van der Waals surface area contributed by atoms with E-state index >= 15 is 0 Å². The van der Waals surface area contributed by atoms with Crippen molar-refractivity contribution in [1.29, 1.82) is 0 Å². The van der Waals surface area contributed by atoms with Crippen LogP contribution in [0.15, 0.2) is 17.2 Å². The first kappa shape index (κ1) is 13.1. The first-order valence-electron chi connectivity index (χ1n) is 6.88. The molecule has 1 aliphatic rings. The van der Waals surface area contributed by atoms with E-state index in [-0.39, 0.29) is 5.56 Å². The summed E-state index contributed by atoms with van der Waals surface area (Å²) in [7, 11) is 0. The summed E-state index contributed by atoms with van der Waals surface area (Å²) in [5, 5.41) is 3.25. The Morgan fingerprint density at radius 3 is 2.78 bits per heavy atom. The Balaban J connectivity index is 2.06. The minimum absolute atomic E-state index is 0.00101. The molecule has 0 spiro atoms. The minimum Gasteiger partial charge on any atom is -0.365 e. The zero-order valence-electron chi connectivity index (χ0n) is 11.6. The number of aromatic nitrogens is 2. The Morgan fingerprint density at radius 2 is 2.22 bits per heavy atom. The lowest BCUT2D eigenvalue weighted by Gasteiger charge is -2.20. The second-order valence-electron chi connectivity index (χ2n) is 5.65. The van der Waals surface area contributed by atoms with Crippen LogP contribution in [0.3, 0.4) is 0 Å². The molecule has 1 aromatic heterocycles. The van der Waals surface area contributed by atoms with Crippen LogP contribution in [-0.2, 0) is 6.54 Å². The van der Waals surface area contributed by atoms with Crippen LogP contribution >= 0.6 is 0 Å². The summed E-state index contributed by atoms with van der Waals surface area (Å²) >= 11 is 0. The minimum atomic E-state index is -0.00101. The van der Waals surface area contributed by atoms with Gasteiger partial charge in [-0.1, -0.05) is 20.8 Å². The molecule has 4 heteroatoms. The highest BCUT2D eigenvalue weighted by atomic mass is 16.1. The lowest BCUT2D eigenvalue weighted by atomic mass is 9.92. The van der Waals surface area contributed by atoms with Crippen molar-refractivity contribution < 1.29 is 0 Å². The van der Waals surface area contributed by atoms with E-state index in [4.69, 9.17) is 0 Å². The van der Waals surface area contributed by atoms with E-state index in [0.29, 0.717) is 17.2 Å². The highest BCUT2D eigenvalue weighted by molar-refractivity contribution is 5.32. The molecule has 1 aromatic rings. The van der Waals surface area contributed by atoms with E-state index in [1.165, 1.54) is 12.8 Å². The summed E-state index contributed by atoms with van der Waals surface area (Å²) in [4.78, 5) is 16.3. The van der Waals surface area contributed by atoms with Crippen LogP contribution in [0.2, 0.25) is 0 Å². The molecule has 1 saturated carbocycles. The zero-order chi connectivity index (χ0) is 13.2. The zero-order valence-corrected chi connectivity index (χ0v) is 11.6. The van der Waals surface area contributed by atoms with Crippen LogP contribution in [0, 0.1) is 11.3 Å². The molecule has 0 saturated heterocycles. The summed E-state index contributed by atoms with van der Waals surface area (Å²) in [5.74, 6) is 1.16. The third kappa shape index (κ3) is 2.57. The van der Waals surface area contributed by atoms with Crippen molar-refractivity contribution in [1.82, 2.24) is 9.55 Å². The molecule has 4 nitrogen and oxygen atoms in total. The fraction of sp³-hybridized carbons (Fsp3) is 0.714. The molecule has 0 amide bonds. The van der Waals surface area contributed by atoms with Gasteiger partial charge in [-0.05, 0) is 30.6 Å². The topological polar surface area (TPSA) is 46.9 Å². The number of aryl methyl sites for hydroxylation is 1. The van der Waals surface area contributed by atoms with Gasteiger partial charge in [-0.25, -0.2) is 4.98 Å². The van der Waals surface area contributed by atoms with Crippen LogP contribution in [0.4, 0.5) is 5.82 Å². The van der Waals surface area contributed by atoms with Crippen LogP contribution in [0.25, 0.3) is 0 Å². The molecular weight excluding hydrogens is 226 g/mol. The van der Waals surface area contributed by atoms with Gasteiger partial charge in [0.1, 0.15) is 0 Å². The fourth-order valence-corrected chi connectivity index (χ4v) is 2.36. The summed E-state index contributed by atoms with van der Waals surface area (Å²) in [6, 6.07) is 0. The van der Waals surface area contributed by atoms with Gasteiger partial charge in [0, 0.05) is 25.5 Å². The standard InChI is InChI=1S/C14H23N3O/c1-4-8-17-9-7-15-12(13(17)18)16-10-14(5-6-14)11(2)3/h7,9,11H,4-6,8,10H2,1-3H3,(H,15,16). The maximum Gasteiger partial charge on any atom is 0.293 e. The first-order chi connectivity index (χ1) is 8.59. The van der Waals surface area contributed by atoms with Crippen LogP contribution in [0.1, 0.15) is 40.0 Å². The van der Waals surface area contributed by atoms with E-state index in [1.807, 2.05) is 0 Å². The van der Waals surface area contributed by atoms with Crippen molar-refractivity contribution in [2.45, 2.75) is 46.6 Å². The lowest BCUT2D eigenvalue weighted by molar-refractivity contribution is 0.379. The molecule has 0 radical (unpaired) electrons. The van der Waals surface area contributed by atoms with E-state index in [0.717, 1.165) is 19.5 Å². The third-order valence-electron chi connectivity index (χ3n) is 4.10. The van der Waals surface area contributed by atoms with Gasteiger partial charge in [-0.2, -0.15) is 0 Å². The van der Waals surface area contributed by atoms with Crippen molar-refractivity contribution in [3.05, 3.63) is 22.7 Å². The highest BCUT2D eigenvalue weighted by Gasteiger charge is 2.45. The highest BCUT2D eigenvalue weighted by Crippen LogP contribution is 2.51. The predicted molar refractivity (Wildman–Crippen MR) is 73.8 cm³/mol. The van der Waals surface area contributed by atoms with Gasteiger partial charge in [-0.3, -0.25) is 4.79 Å². The fourth-order valence-electron chi connectivity index (χ4n) is 2.36. The Labute approximate surface area is 108 Å². The molecule has 0 bridgehead atoms. The number of rotatable bonds is 6. The average molecular weight is 249 g/mol. The molecule has 1 aliphatic carbocycles. The number of nitrogens with one attached hydrogen (secondary N) is 1. The molecule has 0 atom stereocenters. The Kier molecular flexibility index (Phi) is 3.73. The maximum atomic E-state index is 12.1. The lowest BCUT2D eigenvalue weighted by Crippen LogP contribution is -2.28. The summed E-state index contributed by atoms with van der Waals surface area (Å²) in [6.45, 7) is 8.19. The molecule has 2 rings (SSSR count). The summed E-state index contributed by atoms with van der Waals surface area (Å²) in [6.07, 6.45) is 6.93. The summed E-state index contributed by atoms with van der Waals surface area (Å²) < 4.78 is 1.73. The Morgan fingerprint density at radius 1 is 1.50 bits per heavy atom. The molecule has 1 N–H and O–H groups in total. The maximum absolute atomic E-state index is 12.1. The molecule has 0 unspecified atom stereocenters. The molecular formula is C14H23N3O. The van der Waals surface area contributed by atoms with Gasteiger partial charge in [0.15, 0.2) is 5.82 Å². The van der Waals surface area contributed by atoms with Gasteiger partial charge < -0.3 is 9.88 Å². The normalized spacial score (nSPS) is 16.9. The molecule has 1 fully saturated rings. The SMILES string of the molecule is CCCn1ccnc(NCC2(C(C)C)CC2)c1=O.